The molecule has 0 aliphatic carbocycles. The Hall–Kier alpha value is -0.473. The molecule has 0 aliphatic rings. The van der Waals surface area contributed by atoms with E-state index < -0.39 is 8.80 Å². The first-order valence-corrected chi connectivity index (χ1v) is 7.83. The van der Waals surface area contributed by atoms with E-state index in [1.54, 1.807) is 28.3 Å². The lowest BCUT2D eigenvalue weighted by Gasteiger charge is -2.24. The molecule has 6 nitrogen and oxygen atoms in total. The first-order chi connectivity index (χ1) is 8.49. The van der Waals surface area contributed by atoms with E-state index in [1.807, 2.05) is 0 Å². The summed E-state index contributed by atoms with van der Waals surface area (Å²) in [5.74, 6) is -0.296. The Labute approximate surface area is 110 Å². The Bertz CT molecular complexity index is 223. The van der Waals surface area contributed by atoms with Crippen LogP contribution in [0.15, 0.2) is 0 Å². The van der Waals surface area contributed by atoms with Crippen LogP contribution in [0.25, 0.3) is 0 Å². The molecule has 0 rings (SSSR count). The predicted molar refractivity (Wildman–Crippen MR) is 68.3 cm³/mol. The van der Waals surface area contributed by atoms with Gasteiger partial charge in [0.05, 0.1) is 6.61 Å². The van der Waals surface area contributed by atoms with E-state index in [4.69, 9.17) is 22.8 Å². The maximum Gasteiger partial charge on any atom is 0.500 e. The van der Waals surface area contributed by atoms with E-state index in [0.717, 1.165) is 6.42 Å². The second kappa shape index (κ2) is 9.46. The van der Waals surface area contributed by atoms with Gasteiger partial charge in [0.15, 0.2) is 0 Å². The number of esters is 1. The van der Waals surface area contributed by atoms with Gasteiger partial charge in [-0.05, 0) is 13.3 Å². The van der Waals surface area contributed by atoms with Crippen LogP contribution in [-0.2, 0) is 27.5 Å². The van der Waals surface area contributed by atoms with Crippen molar-refractivity contribution in [3.05, 3.63) is 0 Å². The summed E-state index contributed by atoms with van der Waals surface area (Å²) in [7, 11) is 2.27. The third-order valence-corrected chi connectivity index (χ3v) is 5.26. The second-order valence-corrected chi connectivity index (χ2v) is 6.98. The fourth-order valence-corrected chi connectivity index (χ4v) is 3.20. The summed E-state index contributed by atoms with van der Waals surface area (Å²) in [6.45, 7) is 4.11. The molecule has 0 N–H and O–H groups in total. The summed E-state index contributed by atoms with van der Waals surface area (Å²) < 4.78 is 26.2. The smallest absolute Gasteiger partial charge is 0.460 e. The first kappa shape index (κ1) is 17.5. The molecule has 1 unspecified atom stereocenters. The van der Waals surface area contributed by atoms with E-state index in [0.29, 0.717) is 19.3 Å². The highest BCUT2D eigenvalue weighted by Gasteiger charge is 2.36. The summed E-state index contributed by atoms with van der Waals surface area (Å²) in [5.41, 5.74) is 0. The van der Waals surface area contributed by atoms with Gasteiger partial charge in [-0.15, -0.1) is 0 Å². The van der Waals surface area contributed by atoms with Crippen LogP contribution < -0.4 is 0 Å². The van der Waals surface area contributed by atoms with Crippen LogP contribution in [0.2, 0.25) is 6.04 Å². The van der Waals surface area contributed by atoms with Gasteiger partial charge in [-0.3, -0.25) is 4.79 Å². The topological polar surface area (TPSA) is 63.2 Å². The van der Waals surface area contributed by atoms with Crippen molar-refractivity contribution in [2.75, 3.05) is 34.5 Å². The average Bonchev–Trinajstić information content (AvgIpc) is 2.33. The quantitative estimate of drug-likeness (QED) is 0.341. The molecule has 0 spiro atoms. The Morgan fingerprint density at radius 3 is 2.17 bits per heavy atom. The molecule has 7 heteroatoms. The molecule has 0 bridgehead atoms. The maximum absolute atomic E-state index is 10.7. The minimum Gasteiger partial charge on any atom is -0.460 e. The Kier molecular flexibility index (Phi) is 9.21. The van der Waals surface area contributed by atoms with Crippen molar-refractivity contribution in [1.82, 2.24) is 0 Å². The Morgan fingerprint density at radius 1 is 1.17 bits per heavy atom. The van der Waals surface area contributed by atoms with Gasteiger partial charge >= 0.3 is 14.8 Å². The molecule has 0 saturated carbocycles. The van der Waals surface area contributed by atoms with E-state index in [9.17, 15) is 4.79 Å². The van der Waals surface area contributed by atoms with E-state index >= 15 is 0 Å². The molecule has 0 radical (unpaired) electrons. The van der Waals surface area contributed by atoms with Gasteiger partial charge in [0.2, 0.25) is 0 Å². The Balaban J connectivity index is 3.69. The highest BCUT2D eigenvalue weighted by molar-refractivity contribution is 6.60. The van der Waals surface area contributed by atoms with E-state index in [1.165, 1.54) is 6.92 Å². The fraction of sp³-hybridized carbons (Fsp3) is 0.909. The van der Waals surface area contributed by atoms with Crippen LogP contribution in [-0.4, -0.2) is 55.4 Å². The minimum absolute atomic E-state index is 0.225. The van der Waals surface area contributed by atoms with E-state index in [2.05, 4.69) is 0 Å². The van der Waals surface area contributed by atoms with Crippen LogP contribution in [0.3, 0.4) is 0 Å². The average molecular weight is 280 g/mol. The van der Waals surface area contributed by atoms with E-state index in [-0.39, 0.29) is 12.1 Å². The van der Waals surface area contributed by atoms with Gasteiger partial charge in [0, 0.05) is 40.9 Å². The van der Waals surface area contributed by atoms with Crippen molar-refractivity contribution in [3.8, 4) is 0 Å². The standard InChI is InChI=1S/C11H24O6Si/c1-10(17-11(2)12)9-16-7-6-8-18(13-3,14-4)15-5/h10H,6-9H2,1-5H3. The van der Waals surface area contributed by atoms with Crippen molar-refractivity contribution in [2.45, 2.75) is 32.4 Å². The van der Waals surface area contributed by atoms with Crippen molar-refractivity contribution >= 4 is 14.8 Å². The molecule has 0 aromatic heterocycles. The van der Waals surface area contributed by atoms with Gasteiger partial charge in [-0.1, -0.05) is 0 Å². The third kappa shape index (κ3) is 7.07. The molecular formula is C11H24O6Si. The van der Waals surface area contributed by atoms with Crippen molar-refractivity contribution in [1.29, 1.82) is 0 Å². The van der Waals surface area contributed by atoms with Gasteiger partial charge in [0.25, 0.3) is 0 Å². The van der Waals surface area contributed by atoms with Crippen LogP contribution in [0.4, 0.5) is 0 Å². The molecule has 0 aromatic rings. The normalized spacial score (nSPS) is 13.4. The van der Waals surface area contributed by atoms with Crippen LogP contribution in [0.1, 0.15) is 20.3 Å². The highest BCUT2D eigenvalue weighted by Crippen LogP contribution is 2.14. The molecule has 0 aromatic carbocycles. The fourth-order valence-electron chi connectivity index (χ4n) is 1.51. The number of hydrogen-bond donors (Lipinski definition) is 0. The lowest BCUT2D eigenvalue weighted by molar-refractivity contribution is -0.148. The molecule has 108 valence electrons. The second-order valence-electron chi connectivity index (χ2n) is 3.89. The third-order valence-electron chi connectivity index (χ3n) is 2.42. The predicted octanol–water partition coefficient (Wildman–Crippen LogP) is 1.22. The maximum atomic E-state index is 10.7. The molecular weight excluding hydrogens is 256 g/mol. The summed E-state index contributed by atoms with van der Waals surface area (Å²) in [4.78, 5) is 10.7. The molecule has 0 fully saturated rings. The SMILES string of the molecule is CO[Si](CCCOCC(C)OC(C)=O)(OC)OC. The number of carbonyl (C=O) groups excluding carboxylic acids is 1. The Morgan fingerprint density at radius 2 is 1.72 bits per heavy atom. The van der Waals surface area contributed by atoms with Crippen molar-refractivity contribution < 1.29 is 27.5 Å². The number of ether oxygens (including phenoxy) is 2. The molecule has 0 amide bonds. The number of rotatable bonds is 10. The molecule has 1 atom stereocenters. The summed E-state index contributed by atoms with van der Waals surface area (Å²) in [5, 5.41) is 0. The van der Waals surface area contributed by atoms with Gasteiger partial charge in [-0.25, -0.2) is 0 Å². The summed E-state index contributed by atoms with van der Waals surface area (Å²) >= 11 is 0. The monoisotopic (exact) mass is 280 g/mol. The number of carbonyl (C=O) groups is 1. The number of hydrogen-bond acceptors (Lipinski definition) is 6. The summed E-state index contributed by atoms with van der Waals surface area (Å²) in [6.07, 6.45) is 0.547. The zero-order valence-electron chi connectivity index (χ0n) is 11.9. The zero-order chi connectivity index (χ0) is 14.0. The highest BCUT2D eigenvalue weighted by atomic mass is 28.4. The molecule has 0 aliphatic heterocycles. The van der Waals surface area contributed by atoms with Crippen molar-refractivity contribution in [2.24, 2.45) is 0 Å². The molecule has 18 heavy (non-hydrogen) atoms. The largest absolute Gasteiger partial charge is 0.500 e. The molecule has 0 heterocycles. The van der Waals surface area contributed by atoms with Crippen LogP contribution >= 0.6 is 0 Å². The van der Waals surface area contributed by atoms with Gasteiger partial charge in [0.1, 0.15) is 6.10 Å². The summed E-state index contributed by atoms with van der Waals surface area (Å²) in [6, 6.07) is 0.693. The first-order valence-electron chi connectivity index (χ1n) is 5.90. The lowest BCUT2D eigenvalue weighted by atomic mass is 10.4. The van der Waals surface area contributed by atoms with Gasteiger partial charge < -0.3 is 22.8 Å². The minimum atomic E-state index is -2.49. The van der Waals surface area contributed by atoms with Crippen LogP contribution in [0.5, 0.6) is 0 Å². The zero-order valence-corrected chi connectivity index (χ0v) is 12.9. The van der Waals surface area contributed by atoms with Gasteiger partial charge in [-0.2, -0.15) is 0 Å². The molecule has 0 saturated heterocycles. The lowest BCUT2D eigenvalue weighted by Crippen LogP contribution is -2.42. The van der Waals surface area contributed by atoms with Crippen LogP contribution in [0, 0.1) is 0 Å². The van der Waals surface area contributed by atoms with Crippen molar-refractivity contribution in [3.63, 3.8) is 0 Å².